The van der Waals surface area contributed by atoms with Crippen LogP contribution in [-0.4, -0.2) is 15.9 Å². The monoisotopic (exact) mass is 475 g/mol. The summed E-state index contributed by atoms with van der Waals surface area (Å²) in [6, 6.07) is 13.0. The van der Waals surface area contributed by atoms with Crippen molar-refractivity contribution in [3.8, 4) is 11.3 Å². The minimum absolute atomic E-state index is 0.00586. The summed E-state index contributed by atoms with van der Waals surface area (Å²) in [6.45, 7) is 1.59. The van der Waals surface area contributed by atoms with Gasteiger partial charge in [0.1, 0.15) is 11.5 Å². The lowest BCUT2D eigenvalue weighted by molar-refractivity contribution is -0.385. The number of carbonyl (C=O) groups excluding carboxylic acids is 1. The van der Waals surface area contributed by atoms with Crippen molar-refractivity contribution in [1.82, 2.24) is 5.32 Å². The molecule has 0 spiro atoms. The molecule has 3 aromatic rings. The summed E-state index contributed by atoms with van der Waals surface area (Å²) in [7, 11) is 0. The Labute approximate surface area is 192 Å². The predicted octanol–water partition coefficient (Wildman–Crippen LogP) is 6.00. The molecule has 2 N–H and O–H groups in total. The lowest BCUT2D eigenvalue weighted by atomic mass is 10.1. The van der Waals surface area contributed by atoms with E-state index in [0.29, 0.717) is 38.4 Å². The van der Waals surface area contributed by atoms with Crippen molar-refractivity contribution in [3.63, 3.8) is 0 Å². The number of carbonyl (C=O) groups is 1. The largest absolute Gasteiger partial charge is 0.457 e. The van der Waals surface area contributed by atoms with Gasteiger partial charge in [0.15, 0.2) is 5.11 Å². The van der Waals surface area contributed by atoms with Gasteiger partial charge < -0.3 is 9.73 Å². The quantitative estimate of drug-likeness (QED) is 0.203. The van der Waals surface area contributed by atoms with E-state index >= 15 is 0 Å². The number of benzene rings is 2. The van der Waals surface area contributed by atoms with Crippen molar-refractivity contribution >= 4 is 63.9 Å². The van der Waals surface area contributed by atoms with E-state index in [4.69, 9.17) is 39.8 Å². The summed E-state index contributed by atoms with van der Waals surface area (Å²) in [5.41, 5.74) is 1.46. The maximum Gasteiger partial charge on any atom is 0.274 e. The highest BCUT2D eigenvalue weighted by Gasteiger charge is 2.14. The number of amides is 1. The zero-order valence-corrected chi connectivity index (χ0v) is 18.3. The summed E-state index contributed by atoms with van der Waals surface area (Å²) >= 11 is 17.2. The van der Waals surface area contributed by atoms with Crippen LogP contribution in [0.2, 0.25) is 10.0 Å². The first-order valence-electron chi connectivity index (χ1n) is 8.84. The first-order valence-corrected chi connectivity index (χ1v) is 10.0. The number of hydrogen-bond acceptors (Lipinski definition) is 5. The van der Waals surface area contributed by atoms with Crippen LogP contribution in [-0.2, 0) is 4.79 Å². The van der Waals surface area contributed by atoms with Gasteiger partial charge in [0.2, 0.25) is 5.91 Å². The number of nitro benzene ring substituents is 1. The van der Waals surface area contributed by atoms with E-state index < -0.39 is 10.8 Å². The van der Waals surface area contributed by atoms with Gasteiger partial charge in [-0.25, -0.2) is 0 Å². The SMILES string of the molecule is Cc1c(NC(=S)NC(=O)/C=C/c2ccc(-c3ccc(Cl)cc3Cl)o2)cccc1[N+](=O)[O-]. The van der Waals surface area contributed by atoms with Gasteiger partial charge in [0.25, 0.3) is 5.69 Å². The molecule has 158 valence electrons. The molecule has 1 heterocycles. The number of thiocarbonyl (C=S) groups is 1. The normalized spacial score (nSPS) is 10.8. The molecule has 0 saturated heterocycles. The minimum atomic E-state index is -0.497. The summed E-state index contributed by atoms with van der Waals surface area (Å²) < 4.78 is 5.69. The average molecular weight is 476 g/mol. The molecule has 31 heavy (non-hydrogen) atoms. The Balaban J connectivity index is 1.62. The summed E-state index contributed by atoms with van der Waals surface area (Å²) in [6.07, 6.45) is 2.73. The van der Waals surface area contributed by atoms with Crippen molar-refractivity contribution in [2.24, 2.45) is 0 Å². The molecular formula is C21H15Cl2N3O4S. The van der Waals surface area contributed by atoms with E-state index in [0.717, 1.165) is 0 Å². The van der Waals surface area contributed by atoms with Gasteiger partial charge >= 0.3 is 0 Å². The number of furan rings is 1. The van der Waals surface area contributed by atoms with Crippen LogP contribution < -0.4 is 10.6 Å². The third-order valence-corrected chi connectivity index (χ3v) is 4.96. The zero-order chi connectivity index (χ0) is 22.5. The fraction of sp³-hybridized carbons (Fsp3) is 0.0476. The lowest BCUT2D eigenvalue weighted by Crippen LogP contribution is -2.33. The Kier molecular flexibility index (Phi) is 7.06. The first kappa shape index (κ1) is 22.5. The standard InChI is InChI=1S/C21H15Cl2N3O4S/c1-12-17(3-2-4-18(12)26(28)29)24-21(31)25-20(27)10-7-14-6-9-19(30-14)15-8-5-13(22)11-16(15)23/h2-11H,1H3,(H2,24,25,27,31)/b10-7+. The van der Waals surface area contributed by atoms with Crippen LogP contribution in [0.25, 0.3) is 17.4 Å². The molecule has 2 aromatic carbocycles. The smallest absolute Gasteiger partial charge is 0.274 e. The maximum atomic E-state index is 12.1. The molecule has 1 aromatic heterocycles. The third kappa shape index (κ3) is 5.69. The number of nitro groups is 1. The lowest BCUT2D eigenvalue weighted by Gasteiger charge is -2.10. The molecule has 0 bridgehead atoms. The molecule has 0 fully saturated rings. The Morgan fingerprint density at radius 2 is 1.97 bits per heavy atom. The number of hydrogen-bond donors (Lipinski definition) is 2. The minimum Gasteiger partial charge on any atom is -0.457 e. The Morgan fingerprint density at radius 3 is 2.68 bits per heavy atom. The highest BCUT2D eigenvalue weighted by atomic mass is 35.5. The third-order valence-electron chi connectivity index (χ3n) is 4.21. The number of nitrogens with zero attached hydrogens (tertiary/aromatic N) is 1. The van der Waals surface area contributed by atoms with E-state index in [1.807, 2.05) is 0 Å². The first-order chi connectivity index (χ1) is 14.7. The topological polar surface area (TPSA) is 97.4 Å². The van der Waals surface area contributed by atoms with Crippen LogP contribution in [0.4, 0.5) is 11.4 Å². The van der Waals surface area contributed by atoms with Crippen molar-refractivity contribution in [3.05, 3.63) is 86.1 Å². The molecule has 0 saturated carbocycles. The van der Waals surface area contributed by atoms with Gasteiger partial charge in [0.05, 0.1) is 21.2 Å². The van der Waals surface area contributed by atoms with Gasteiger partial charge in [-0.15, -0.1) is 0 Å². The van der Waals surface area contributed by atoms with Crippen molar-refractivity contribution < 1.29 is 14.1 Å². The van der Waals surface area contributed by atoms with E-state index in [-0.39, 0.29) is 10.8 Å². The van der Waals surface area contributed by atoms with Crippen LogP contribution in [0.5, 0.6) is 0 Å². The Hall–Kier alpha value is -3.20. The van der Waals surface area contributed by atoms with Crippen LogP contribution in [0.15, 0.2) is 59.0 Å². The van der Waals surface area contributed by atoms with Gasteiger partial charge in [0, 0.05) is 22.7 Å². The Bertz CT molecular complexity index is 1210. The van der Waals surface area contributed by atoms with Gasteiger partial charge in [-0.05, 0) is 61.6 Å². The molecule has 3 rings (SSSR count). The van der Waals surface area contributed by atoms with Gasteiger partial charge in [-0.2, -0.15) is 0 Å². The molecule has 0 aliphatic rings. The Morgan fingerprint density at radius 1 is 1.19 bits per heavy atom. The molecule has 1 amide bonds. The van der Waals surface area contributed by atoms with E-state index in [9.17, 15) is 14.9 Å². The van der Waals surface area contributed by atoms with E-state index in [1.54, 1.807) is 43.3 Å². The van der Waals surface area contributed by atoms with Crippen LogP contribution in [0.1, 0.15) is 11.3 Å². The fourth-order valence-electron chi connectivity index (χ4n) is 2.70. The number of nitrogens with one attached hydrogen (secondary N) is 2. The van der Waals surface area contributed by atoms with Crippen LogP contribution >= 0.6 is 35.4 Å². The van der Waals surface area contributed by atoms with Gasteiger partial charge in [-0.3, -0.25) is 20.2 Å². The molecule has 0 radical (unpaired) electrons. The average Bonchev–Trinajstić information content (AvgIpc) is 3.16. The van der Waals surface area contributed by atoms with E-state index in [1.165, 1.54) is 24.3 Å². The van der Waals surface area contributed by atoms with Crippen molar-refractivity contribution in [2.45, 2.75) is 6.92 Å². The van der Waals surface area contributed by atoms with Crippen LogP contribution in [0, 0.1) is 17.0 Å². The summed E-state index contributed by atoms with van der Waals surface area (Å²) in [4.78, 5) is 22.7. The highest BCUT2D eigenvalue weighted by Crippen LogP contribution is 2.31. The second-order valence-electron chi connectivity index (χ2n) is 6.31. The number of halogens is 2. The molecule has 0 aliphatic carbocycles. The number of anilines is 1. The molecule has 0 atom stereocenters. The van der Waals surface area contributed by atoms with Crippen molar-refractivity contribution in [1.29, 1.82) is 0 Å². The predicted molar refractivity (Wildman–Crippen MR) is 125 cm³/mol. The van der Waals surface area contributed by atoms with E-state index in [2.05, 4.69) is 10.6 Å². The fourth-order valence-corrected chi connectivity index (χ4v) is 3.41. The van der Waals surface area contributed by atoms with Gasteiger partial charge in [-0.1, -0.05) is 29.3 Å². The highest BCUT2D eigenvalue weighted by molar-refractivity contribution is 7.80. The molecule has 7 nitrogen and oxygen atoms in total. The summed E-state index contributed by atoms with van der Waals surface area (Å²) in [5.74, 6) is 0.465. The molecule has 0 aliphatic heterocycles. The molecular weight excluding hydrogens is 461 g/mol. The second-order valence-corrected chi connectivity index (χ2v) is 7.56. The molecule has 10 heteroatoms. The molecule has 0 unspecified atom stereocenters. The maximum absolute atomic E-state index is 12.1. The summed E-state index contributed by atoms with van der Waals surface area (Å²) in [5, 5.41) is 17.3. The second kappa shape index (κ2) is 9.74. The zero-order valence-electron chi connectivity index (χ0n) is 16.0. The van der Waals surface area contributed by atoms with Crippen LogP contribution in [0.3, 0.4) is 0 Å². The number of rotatable bonds is 5. The van der Waals surface area contributed by atoms with Crippen molar-refractivity contribution in [2.75, 3.05) is 5.32 Å².